The van der Waals surface area contributed by atoms with Crippen molar-refractivity contribution in [1.29, 1.82) is 0 Å². The lowest BCUT2D eigenvalue weighted by Crippen LogP contribution is -2.05. The highest BCUT2D eigenvalue weighted by Crippen LogP contribution is 2.12. The molecule has 3 heteroatoms. The van der Waals surface area contributed by atoms with Gasteiger partial charge in [0.05, 0.1) is 12.7 Å². The Morgan fingerprint density at radius 1 is 1.10 bits per heavy atom. The van der Waals surface area contributed by atoms with Crippen LogP contribution in [0, 0.1) is 0 Å². The van der Waals surface area contributed by atoms with E-state index >= 15 is 0 Å². The summed E-state index contributed by atoms with van der Waals surface area (Å²) >= 11 is 0. The van der Waals surface area contributed by atoms with Gasteiger partial charge in [0, 0.05) is 0 Å². The zero-order valence-electron chi connectivity index (χ0n) is 13.3. The van der Waals surface area contributed by atoms with Gasteiger partial charge in [0.25, 0.3) is 0 Å². The van der Waals surface area contributed by atoms with Gasteiger partial charge in [-0.2, -0.15) is 0 Å². The smallest absolute Gasteiger partial charge is 0.338 e. The maximum absolute atomic E-state index is 11.8. The average molecular weight is 288 g/mol. The summed E-state index contributed by atoms with van der Waals surface area (Å²) in [5.74, 6) is 0.410. The molecule has 0 saturated carbocycles. The lowest BCUT2D eigenvalue weighted by Gasteiger charge is -2.04. The topological polar surface area (TPSA) is 35.5 Å². The van der Waals surface area contributed by atoms with Crippen molar-refractivity contribution >= 4 is 5.97 Å². The van der Waals surface area contributed by atoms with E-state index in [-0.39, 0.29) is 5.97 Å². The summed E-state index contributed by atoms with van der Waals surface area (Å²) in [4.78, 5) is 11.8. The molecule has 0 unspecified atom stereocenters. The van der Waals surface area contributed by atoms with E-state index in [0.717, 1.165) is 18.6 Å². The molecule has 0 aliphatic rings. The van der Waals surface area contributed by atoms with Crippen molar-refractivity contribution < 1.29 is 14.3 Å². The zero-order chi connectivity index (χ0) is 15.7. The Hall–Kier alpha value is -2.03. The molecule has 0 amide bonds. The van der Waals surface area contributed by atoms with E-state index < -0.39 is 0 Å². The second-order valence-electron chi connectivity index (χ2n) is 5.20. The van der Waals surface area contributed by atoms with Crippen molar-refractivity contribution in [3.8, 4) is 5.75 Å². The molecule has 1 aromatic carbocycles. The predicted molar refractivity (Wildman–Crippen MR) is 85.7 cm³/mol. The Morgan fingerprint density at radius 2 is 1.76 bits per heavy atom. The third-order valence-electron chi connectivity index (χ3n) is 3.06. The van der Waals surface area contributed by atoms with Gasteiger partial charge in [0.15, 0.2) is 0 Å². The summed E-state index contributed by atoms with van der Waals surface area (Å²) in [6.45, 7) is 6.55. The molecule has 1 aromatic rings. The summed E-state index contributed by atoms with van der Waals surface area (Å²) in [6.07, 6.45) is 6.18. The van der Waals surface area contributed by atoms with Crippen LogP contribution in [0.1, 0.15) is 44.0 Å². The van der Waals surface area contributed by atoms with E-state index in [2.05, 4.69) is 26.8 Å². The van der Waals surface area contributed by atoms with Crippen LogP contribution in [0.5, 0.6) is 5.75 Å². The Balaban J connectivity index is 2.39. The largest absolute Gasteiger partial charge is 0.497 e. The summed E-state index contributed by atoms with van der Waals surface area (Å²) < 4.78 is 10.3. The summed E-state index contributed by atoms with van der Waals surface area (Å²) in [5, 5.41) is 0. The van der Waals surface area contributed by atoms with Gasteiger partial charge < -0.3 is 9.47 Å². The van der Waals surface area contributed by atoms with Crippen LogP contribution in [0.3, 0.4) is 0 Å². The van der Waals surface area contributed by atoms with Crippen LogP contribution in [0.25, 0.3) is 0 Å². The molecule has 0 saturated heterocycles. The predicted octanol–water partition coefficient (Wildman–Crippen LogP) is 4.54. The fourth-order valence-electron chi connectivity index (χ4n) is 1.76. The molecule has 0 atom stereocenters. The van der Waals surface area contributed by atoms with Gasteiger partial charge in [-0.3, -0.25) is 0 Å². The second-order valence-corrected chi connectivity index (χ2v) is 5.20. The molecule has 0 fully saturated rings. The molecule has 3 nitrogen and oxygen atoms in total. The van der Waals surface area contributed by atoms with E-state index in [1.54, 1.807) is 31.4 Å². The molecule has 0 bridgehead atoms. The maximum atomic E-state index is 11.8. The molecule has 0 heterocycles. The Morgan fingerprint density at radius 3 is 2.33 bits per heavy atom. The van der Waals surface area contributed by atoms with Gasteiger partial charge in [-0.25, -0.2) is 4.79 Å². The van der Waals surface area contributed by atoms with Crippen LogP contribution in [-0.2, 0) is 4.74 Å². The van der Waals surface area contributed by atoms with Crippen LogP contribution in [0.2, 0.25) is 0 Å². The van der Waals surface area contributed by atoms with Crippen molar-refractivity contribution in [2.75, 3.05) is 13.7 Å². The molecule has 0 aliphatic heterocycles. The standard InChI is InChI=1S/C18H24O3/c1-14(2)6-5-7-15(3)12-13-21-18(19)16-8-10-17(20-4)11-9-16/h6,8-12H,5,7,13H2,1-4H3/b15-12+. The highest BCUT2D eigenvalue weighted by Gasteiger charge is 2.05. The van der Waals surface area contributed by atoms with Crippen molar-refractivity contribution in [2.45, 2.75) is 33.6 Å². The molecular formula is C18H24O3. The van der Waals surface area contributed by atoms with E-state index in [9.17, 15) is 4.79 Å². The number of ether oxygens (including phenoxy) is 2. The van der Waals surface area contributed by atoms with Crippen molar-refractivity contribution in [1.82, 2.24) is 0 Å². The number of carbonyl (C=O) groups is 1. The first-order valence-corrected chi connectivity index (χ1v) is 7.13. The molecular weight excluding hydrogens is 264 g/mol. The zero-order valence-corrected chi connectivity index (χ0v) is 13.3. The molecule has 114 valence electrons. The second kappa shape index (κ2) is 9.01. The van der Waals surface area contributed by atoms with Crippen LogP contribution in [0.4, 0.5) is 0 Å². The minimum Gasteiger partial charge on any atom is -0.497 e. The minimum atomic E-state index is -0.314. The highest BCUT2D eigenvalue weighted by atomic mass is 16.5. The lowest BCUT2D eigenvalue weighted by molar-refractivity contribution is 0.0549. The molecule has 21 heavy (non-hydrogen) atoms. The van der Waals surface area contributed by atoms with Crippen molar-refractivity contribution in [3.05, 3.63) is 53.1 Å². The quantitative estimate of drug-likeness (QED) is 0.545. The molecule has 0 aliphatic carbocycles. The minimum absolute atomic E-state index is 0.311. The number of rotatable bonds is 7. The van der Waals surface area contributed by atoms with Gasteiger partial charge in [0.1, 0.15) is 12.4 Å². The van der Waals surface area contributed by atoms with Crippen LogP contribution in [0.15, 0.2) is 47.6 Å². The summed E-state index contributed by atoms with van der Waals surface area (Å²) in [6, 6.07) is 6.90. The third-order valence-corrected chi connectivity index (χ3v) is 3.06. The Kier molecular flexibility index (Phi) is 7.30. The molecule has 0 N–H and O–H groups in total. The Bertz CT molecular complexity index is 506. The van der Waals surface area contributed by atoms with Gasteiger partial charge >= 0.3 is 5.97 Å². The van der Waals surface area contributed by atoms with Gasteiger partial charge in [-0.1, -0.05) is 17.2 Å². The van der Waals surface area contributed by atoms with Crippen molar-refractivity contribution in [3.63, 3.8) is 0 Å². The van der Waals surface area contributed by atoms with E-state index in [1.165, 1.54) is 11.1 Å². The number of hydrogen-bond acceptors (Lipinski definition) is 3. The normalized spacial score (nSPS) is 11.0. The van der Waals surface area contributed by atoms with Crippen LogP contribution in [-0.4, -0.2) is 19.7 Å². The molecule has 1 rings (SSSR count). The number of carbonyl (C=O) groups excluding carboxylic acids is 1. The fraction of sp³-hybridized carbons (Fsp3) is 0.389. The highest BCUT2D eigenvalue weighted by molar-refractivity contribution is 5.89. The monoisotopic (exact) mass is 288 g/mol. The van der Waals surface area contributed by atoms with Gasteiger partial charge in [-0.15, -0.1) is 0 Å². The average Bonchev–Trinajstić information content (AvgIpc) is 2.46. The first-order chi connectivity index (χ1) is 10.0. The summed E-state index contributed by atoms with van der Waals surface area (Å²) in [7, 11) is 1.59. The summed E-state index contributed by atoms with van der Waals surface area (Å²) in [5.41, 5.74) is 3.09. The number of methoxy groups -OCH3 is 1. The number of esters is 1. The first kappa shape index (κ1) is 17.0. The van der Waals surface area contributed by atoms with E-state index in [0.29, 0.717) is 12.2 Å². The van der Waals surface area contributed by atoms with Gasteiger partial charge in [0.2, 0.25) is 0 Å². The third kappa shape index (κ3) is 6.80. The number of allylic oxidation sites excluding steroid dienone is 3. The van der Waals surface area contributed by atoms with Crippen molar-refractivity contribution in [2.24, 2.45) is 0 Å². The fourth-order valence-corrected chi connectivity index (χ4v) is 1.76. The SMILES string of the molecule is COc1ccc(C(=O)OC/C=C(\C)CCC=C(C)C)cc1. The molecule has 0 spiro atoms. The van der Waals surface area contributed by atoms with E-state index in [1.807, 2.05) is 6.08 Å². The molecule has 0 radical (unpaired) electrons. The first-order valence-electron chi connectivity index (χ1n) is 7.13. The number of benzene rings is 1. The van der Waals surface area contributed by atoms with Gasteiger partial charge in [-0.05, 0) is 64.0 Å². The molecule has 0 aromatic heterocycles. The lowest BCUT2D eigenvalue weighted by atomic mass is 10.1. The van der Waals surface area contributed by atoms with Crippen LogP contribution < -0.4 is 4.74 Å². The number of hydrogen-bond donors (Lipinski definition) is 0. The van der Waals surface area contributed by atoms with E-state index in [4.69, 9.17) is 9.47 Å². The maximum Gasteiger partial charge on any atom is 0.338 e. The Labute approximate surface area is 127 Å². The van der Waals surface area contributed by atoms with Crippen LogP contribution >= 0.6 is 0 Å².